The lowest BCUT2D eigenvalue weighted by molar-refractivity contribution is -0.145. The molecule has 1 heterocycles. The van der Waals surface area contributed by atoms with Gasteiger partial charge in [0.05, 0.1) is 6.10 Å². The normalized spacial score (nSPS) is 20.4. The second-order valence-electron chi connectivity index (χ2n) is 7.37. The van der Waals surface area contributed by atoms with Crippen LogP contribution in [-0.2, 0) is 19.2 Å². The largest absolute Gasteiger partial charge is 0.480 e. The van der Waals surface area contributed by atoms with Gasteiger partial charge in [-0.3, -0.25) is 14.4 Å². The molecule has 0 aromatic rings. The van der Waals surface area contributed by atoms with E-state index >= 15 is 0 Å². The third kappa shape index (κ3) is 7.26. The molecule has 1 fully saturated rings. The van der Waals surface area contributed by atoms with Gasteiger partial charge in [-0.2, -0.15) is 0 Å². The minimum Gasteiger partial charge on any atom is -0.480 e. The quantitative estimate of drug-likeness (QED) is 0.207. The zero-order valence-corrected chi connectivity index (χ0v) is 17.0. The fourth-order valence-electron chi connectivity index (χ4n) is 3.16. The summed E-state index contributed by atoms with van der Waals surface area (Å²) in [5.74, 6) is -2.81. The van der Waals surface area contributed by atoms with Gasteiger partial charge >= 0.3 is 5.97 Å². The molecule has 0 saturated carbocycles. The number of unbranched alkanes of at least 4 members (excludes halogenated alkanes) is 1. The number of hydrogen-bond donors (Lipinski definition) is 6. The number of carboxylic acid groups (broad SMARTS) is 1. The van der Waals surface area contributed by atoms with E-state index in [0.29, 0.717) is 38.8 Å². The predicted octanol–water partition coefficient (Wildman–Crippen LogP) is -2.11. The van der Waals surface area contributed by atoms with Crippen molar-refractivity contribution >= 4 is 23.7 Å². The minimum atomic E-state index is -1.17. The van der Waals surface area contributed by atoms with E-state index in [-0.39, 0.29) is 6.42 Å². The molecule has 5 unspecified atom stereocenters. The van der Waals surface area contributed by atoms with Crippen molar-refractivity contribution in [3.05, 3.63) is 0 Å². The molecule has 166 valence electrons. The molecule has 0 spiro atoms. The summed E-state index contributed by atoms with van der Waals surface area (Å²) in [6, 6.07) is -3.97. The Morgan fingerprint density at radius 1 is 1.17 bits per heavy atom. The molecule has 0 aliphatic carbocycles. The average molecular weight is 415 g/mol. The topological polar surface area (TPSA) is 188 Å². The van der Waals surface area contributed by atoms with Crippen molar-refractivity contribution in [1.82, 2.24) is 15.5 Å². The Kier molecular flexibility index (Phi) is 9.99. The number of carboxylic acids is 1. The summed E-state index contributed by atoms with van der Waals surface area (Å²) >= 11 is 0. The van der Waals surface area contributed by atoms with Gasteiger partial charge in [-0.1, -0.05) is 0 Å². The van der Waals surface area contributed by atoms with Crippen LogP contribution in [0.25, 0.3) is 0 Å². The fraction of sp³-hybridized carbons (Fsp3) is 0.778. The SMILES string of the molecule is CC(NC(=O)C(N)C(C)O)C(=O)N1CCCC1C(=O)NC(CCCCN)C(=O)O. The number of aliphatic hydroxyl groups excluding tert-OH is 1. The van der Waals surface area contributed by atoms with Crippen LogP contribution < -0.4 is 22.1 Å². The van der Waals surface area contributed by atoms with Crippen LogP contribution in [0.15, 0.2) is 0 Å². The van der Waals surface area contributed by atoms with Crippen molar-refractivity contribution in [1.29, 1.82) is 0 Å². The number of rotatable bonds is 11. The van der Waals surface area contributed by atoms with Crippen LogP contribution >= 0.6 is 0 Å². The van der Waals surface area contributed by atoms with Crippen LogP contribution in [0.2, 0.25) is 0 Å². The zero-order valence-electron chi connectivity index (χ0n) is 17.0. The molecule has 0 radical (unpaired) electrons. The van der Waals surface area contributed by atoms with Gasteiger partial charge in [0.15, 0.2) is 0 Å². The summed E-state index contributed by atoms with van der Waals surface area (Å²) in [5, 5.41) is 23.6. The molecule has 11 nitrogen and oxygen atoms in total. The first-order chi connectivity index (χ1) is 13.6. The standard InChI is InChI=1S/C18H33N5O6/c1-10(21-16(26)14(20)11(2)24)17(27)23-9-5-7-13(23)15(25)22-12(18(28)29)6-3-4-8-19/h10-14,24H,3-9,19-20H2,1-2H3,(H,21,26)(H,22,25)(H,28,29). The van der Waals surface area contributed by atoms with Crippen molar-refractivity contribution in [2.24, 2.45) is 11.5 Å². The van der Waals surface area contributed by atoms with Gasteiger partial charge in [0.2, 0.25) is 17.7 Å². The van der Waals surface area contributed by atoms with E-state index in [1.807, 2.05) is 0 Å². The van der Waals surface area contributed by atoms with E-state index in [0.717, 1.165) is 0 Å². The van der Waals surface area contributed by atoms with Gasteiger partial charge in [-0.25, -0.2) is 4.79 Å². The second-order valence-corrected chi connectivity index (χ2v) is 7.37. The highest BCUT2D eigenvalue weighted by Gasteiger charge is 2.38. The lowest BCUT2D eigenvalue weighted by atomic mass is 10.1. The summed E-state index contributed by atoms with van der Waals surface area (Å²) in [6.07, 6.45) is 1.38. The van der Waals surface area contributed by atoms with E-state index in [2.05, 4.69) is 10.6 Å². The molecule has 29 heavy (non-hydrogen) atoms. The molecule has 8 N–H and O–H groups in total. The van der Waals surface area contributed by atoms with Crippen LogP contribution in [0.5, 0.6) is 0 Å². The summed E-state index contributed by atoms with van der Waals surface area (Å²) in [7, 11) is 0. The minimum absolute atomic E-state index is 0.253. The number of nitrogens with one attached hydrogen (secondary N) is 2. The molecular weight excluding hydrogens is 382 g/mol. The van der Waals surface area contributed by atoms with Crippen LogP contribution in [0.3, 0.4) is 0 Å². The molecule has 1 rings (SSSR count). The van der Waals surface area contributed by atoms with E-state index in [1.165, 1.54) is 18.7 Å². The maximum absolute atomic E-state index is 12.7. The van der Waals surface area contributed by atoms with E-state index in [4.69, 9.17) is 11.5 Å². The Morgan fingerprint density at radius 2 is 1.83 bits per heavy atom. The third-order valence-corrected chi connectivity index (χ3v) is 4.95. The Labute approximate surface area is 170 Å². The number of nitrogens with zero attached hydrogens (tertiary/aromatic N) is 1. The van der Waals surface area contributed by atoms with Gasteiger partial charge in [-0.15, -0.1) is 0 Å². The van der Waals surface area contributed by atoms with Gasteiger partial charge < -0.3 is 37.2 Å². The molecule has 11 heteroatoms. The monoisotopic (exact) mass is 415 g/mol. The van der Waals surface area contributed by atoms with Gasteiger partial charge in [-0.05, 0) is 52.5 Å². The Bertz CT molecular complexity index is 599. The Hall–Kier alpha value is -2.24. The number of nitrogens with two attached hydrogens (primary N) is 2. The number of aliphatic hydroxyl groups is 1. The highest BCUT2D eigenvalue weighted by molar-refractivity contribution is 5.94. The van der Waals surface area contributed by atoms with Crippen molar-refractivity contribution in [3.8, 4) is 0 Å². The number of likely N-dealkylation sites (tertiary alicyclic amines) is 1. The number of carbonyl (C=O) groups is 4. The smallest absolute Gasteiger partial charge is 0.326 e. The molecule has 1 aliphatic heterocycles. The summed E-state index contributed by atoms with van der Waals surface area (Å²) in [5.41, 5.74) is 11.0. The van der Waals surface area contributed by atoms with Crippen LogP contribution in [-0.4, -0.2) is 82.2 Å². The summed E-state index contributed by atoms with van der Waals surface area (Å²) < 4.78 is 0. The van der Waals surface area contributed by atoms with Gasteiger partial charge in [0.1, 0.15) is 24.2 Å². The molecule has 0 bridgehead atoms. The molecule has 0 aromatic carbocycles. The molecule has 3 amide bonds. The second kappa shape index (κ2) is 11.7. The number of carbonyl (C=O) groups excluding carboxylic acids is 3. The van der Waals surface area contributed by atoms with Crippen molar-refractivity contribution in [2.45, 2.75) is 76.2 Å². The van der Waals surface area contributed by atoms with E-state index in [9.17, 15) is 29.4 Å². The molecule has 5 atom stereocenters. The first-order valence-corrected chi connectivity index (χ1v) is 9.87. The molecular formula is C18H33N5O6. The molecule has 0 aromatic heterocycles. The summed E-state index contributed by atoms with van der Waals surface area (Å²) in [6.45, 7) is 3.59. The average Bonchev–Trinajstić information content (AvgIpc) is 3.15. The highest BCUT2D eigenvalue weighted by atomic mass is 16.4. The Morgan fingerprint density at radius 3 is 2.38 bits per heavy atom. The first kappa shape index (κ1) is 24.8. The number of aliphatic carboxylic acids is 1. The zero-order chi connectivity index (χ0) is 22.1. The predicted molar refractivity (Wildman–Crippen MR) is 104 cm³/mol. The Balaban J connectivity index is 2.72. The highest BCUT2D eigenvalue weighted by Crippen LogP contribution is 2.19. The van der Waals surface area contributed by atoms with Gasteiger partial charge in [0, 0.05) is 6.54 Å². The van der Waals surface area contributed by atoms with Crippen molar-refractivity contribution < 1.29 is 29.4 Å². The molecule has 1 aliphatic rings. The first-order valence-electron chi connectivity index (χ1n) is 9.87. The lowest BCUT2D eigenvalue weighted by Crippen LogP contribution is -2.57. The maximum atomic E-state index is 12.7. The van der Waals surface area contributed by atoms with Crippen LogP contribution in [0.4, 0.5) is 0 Å². The lowest BCUT2D eigenvalue weighted by Gasteiger charge is -2.28. The van der Waals surface area contributed by atoms with E-state index in [1.54, 1.807) is 0 Å². The van der Waals surface area contributed by atoms with Gasteiger partial charge in [0.25, 0.3) is 0 Å². The third-order valence-electron chi connectivity index (χ3n) is 4.95. The fourth-order valence-corrected chi connectivity index (χ4v) is 3.16. The number of hydrogen-bond acceptors (Lipinski definition) is 7. The van der Waals surface area contributed by atoms with Crippen molar-refractivity contribution in [3.63, 3.8) is 0 Å². The number of amides is 3. The van der Waals surface area contributed by atoms with Crippen molar-refractivity contribution in [2.75, 3.05) is 13.1 Å². The van der Waals surface area contributed by atoms with Crippen LogP contribution in [0.1, 0.15) is 46.0 Å². The maximum Gasteiger partial charge on any atom is 0.326 e. The van der Waals surface area contributed by atoms with E-state index < -0.39 is 54.0 Å². The molecule has 1 saturated heterocycles. The summed E-state index contributed by atoms with van der Waals surface area (Å²) in [4.78, 5) is 50.0. The van der Waals surface area contributed by atoms with Crippen LogP contribution in [0, 0.1) is 0 Å².